The second kappa shape index (κ2) is 5.19. The largest absolute Gasteiger partial charge is 0.394 e. The van der Waals surface area contributed by atoms with Gasteiger partial charge in [0.25, 0.3) is 0 Å². The maximum atomic E-state index is 13.6. The molecule has 0 amide bonds. The highest BCUT2D eigenvalue weighted by Gasteiger charge is 2.32. The van der Waals surface area contributed by atoms with Crippen LogP contribution in [0.4, 0.5) is 10.2 Å². The Bertz CT molecular complexity index is 394. The van der Waals surface area contributed by atoms with Gasteiger partial charge in [0.05, 0.1) is 17.2 Å². The highest BCUT2D eigenvalue weighted by Crippen LogP contribution is 2.31. The van der Waals surface area contributed by atoms with Gasteiger partial charge in [-0.3, -0.25) is 0 Å². The summed E-state index contributed by atoms with van der Waals surface area (Å²) in [5.74, 6) is -0.304. The number of aromatic nitrogens is 1. The molecule has 1 aromatic heterocycles. The van der Waals surface area contributed by atoms with Crippen molar-refractivity contribution in [2.45, 2.75) is 37.6 Å². The molecule has 2 rings (SSSR count). The summed E-state index contributed by atoms with van der Waals surface area (Å²) in [6, 6.07) is 1.23. The molecule has 1 saturated carbocycles. The van der Waals surface area contributed by atoms with Crippen molar-refractivity contribution in [2.75, 3.05) is 11.9 Å². The van der Waals surface area contributed by atoms with Crippen LogP contribution >= 0.6 is 11.6 Å². The van der Waals surface area contributed by atoms with Gasteiger partial charge in [-0.15, -0.1) is 0 Å². The summed E-state index contributed by atoms with van der Waals surface area (Å²) in [5, 5.41) is 12.8. The molecule has 0 radical (unpaired) electrons. The fourth-order valence-electron chi connectivity index (χ4n) is 2.31. The first kappa shape index (κ1) is 12.6. The highest BCUT2D eigenvalue weighted by molar-refractivity contribution is 6.30. The minimum Gasteiger partial charge on any atom is -0.394 e. The molecule has 1 heterocycles. The zero-order chi connectivity index (χ0) is 12.3. The van der Waals surface area contributed by atoms with Gasteiger partial charge in [0.2, 0.25) is 0 Å². The standard InChI is InChI=1S/C12H16ClFN2O/c13-9-6-10(14)11(15-7-9)16-12(8-17)4-2-1-3-5-12/h6-7,17H,1-5,8H2,(H,15,16). The predicted molar refractivity (Wildman–Crippen MR) is 65.7 cm³/mol. The molecule has 0 bridgehead atoms. The highest BCUT2D eigenvalue weighted by atomic mass is 35.5. The number of nitrogens with one attached hydrogen (secondary N) is 1. The third kappa shape index (κ3) is 2.87. The summed E-state index contributed by atoms with van der Waals surface area (Å²) in [6.07, 6.45) is 6.34. The van der Waals surface area contributed by atoms with Crippen molar-refractivity contribution < 1.29 is 9.50 Å². The van der Waals surface area contributed by atoms with E-state index in [1.54, 1.807) is 0 Å². The van der Waals surface area contributed by atoms with Crippen LogP contribution in [0.2, 0.25) is 5.02 Å². The zero-order valence-corrected chi connectivity index (χ0v) is 10.3. The smallest absolute Gasteiger partial charge is 0.166 e. The summed E-state index contributed by atoms with van der Waals surface area (Å²) >= 11 is 5.65. The van der Waals surface area contributed by atoms with E-state index >= 15 is 0 Å². The molecule has 0 aromatic carbocycles. The lowest BCUT2D eigenvalue weighted by molar-refractivity contribution is 0.172. The quantitative estimate of drug-likeness (QED) is 0.876. The topological polar surface area (TPSA) is 45.1 Å². The van der Waals surface area contributed by atoms with Crippen molar-refractivity contribution >= 4 is 17.4 Å². The van der Waals surface area contributed by atoms with Crippen LogP contribution in [0.5, 0.6) is 0 Å². The Morgan fingerprint density at radius 1 is 1.41 bits per heavy atom. The van der Waals surface area contributed by atoms with Crippen LogP contribution in [0, 0.1) is 5.82 Å². The Kier molecular flexibility index (Phi) is 3.84. The molecule has 0 aliphatic heterocycles. The number of nitrogens with zero attached hydrogens (tertiary/aromatic N) is 1. The summed E-state index contributed by atoms with van der Waals surface area (Å²) < 4.78 is 13.6. The van der Waals surface area contributed by atoms with Crippen LogP contribution in [0.1, 0.15) is 32.1 Å². The van der Waals surface area contributed by atoms with E-state index < -0.39 is 11.4 Å². The second-order valence-corrected chi connectivity index (χ2v) is 5.04. The number of pyridine rings is 1. The van der Waals surface area contributed by atoms with Crippen LogP contribution in [0.25, 0.3) is 0 Å². The third-order valence-corrected chi connectivity index (χ3v) is 3.51. The predicted octanol–water partition coefficient (Wildman–Crippen LogP) is 2.98. The van der Waals surface area contributed by atoms with Gasteiger partial charge < -0.3 is 10.4 Å². The van der Waals surface area contributed by atoms with Gasteiger partial charge in [0.1, 0.15) is 0 Å². The Hall–Kier alpha value is -0.870. The Labute approximate surface area is 105 Å². The van der Waals surface area contributed by atoms with E-state index in [-0.39, 0.29) is 17.4 Å². The Morgan fingerprint density at radius 3 is 2.71 bits per heavy atom. The fraction of sp³-hybridized carbons (Fsp3) is 0.583. The normalized spacial score (nSPS) is 19.0. The summed E-state index contributed by atoms with van der Waals surface area (Å²) in [7, 11) is 0. The molecule has 1 fully saturated rings. The molecule has 1 aromatic rings. The van der Waals surface area contributed by atoms with Crippen molar-refractivity contribution in [1.29, 1.82) is 0 Å². The molecule has 2 N–H and O–H groups in total. The lowest BCUT2D eigenvalue weighted by Crippen LogP contribution is -2.44. The monoisotopic (exact) mass is 258 g/mol. The maximum Gasteiger partial charge on any atom is 0.166 e. The van der Waals surface area contributed by atoms with Crippen molar-refractivity contribution in [2.24, 2.45) is 0 Å². The fourth-order valence-corrected chi connectivity index (χ4v) is 2.45. The average Bonchev–Trinajstić information content (AvgIpc) is 2.34. The SMILES string of the molecule is OCC1(Nc2ncc(Cl)cc2F)CCCCC1. The van der Waals surface area contributed by atoms with Crippen LogP contribution in [-0.2, 0) is 0 Å². The molecular weight excluding hydrogens is 243 g/mol. The Balaban J connectivity index is 2.17. The average molecular weight is 259 g/mol. The van der Waals surface area contributed by atoms with E-state index in [1.807, 2.05) is 0 Å². The molecule has 17 heavy (non-hydrogen) atoms. The van der Waals surface area contributed by atoms with E-state index in [4.69, 9.17) is 11.6 Å². The van der Waals surface area contributed by atoms with E-state index in [0.29, 0.717) is 0 Å². The first-order chi connectivity index (χ1) is 8.15. The molecule has 0 unspecified atom stereocenters. The number of aliphatic hydroxyl groups is 1. The van der Waals surface area contributed by atoms with Gasteiger partial charge in [0.15, 0.2) is 11.6 Å². The summed E-state index contributed by atoms with van der Waals surface area (Å²) in [4.78, 5) is 3.94. The van der Waals surface area contributed by atoms with Gasteiger partial charge in [-0.25, -0.2) is 9.37 Å². The number of hydrogen-bond donors (Lipinski definition) is 2. The molecule has 94 valence electrons. The van der Waals surface area contributed by atoms with Gasteiger partial charge in [-0.2, -0.15) is 0 Å². The van der Waals surface area contributed by atoms with Gasteiger partial charge >= 0.3 is 0 Å². The van der Waals surface area contributed by atoms with Gasteiger partial charge in [-0.1, -0.05) is 30.9 Å². The first-order valence-electron chi connectivity index (χ1n) is 5.85. The van der Waals surface area contributed by atoms with E-state index in [1.165, 1.54) is 18.7 Å². The number of aliphatic hydroxyl groups excluding tert-OH is 1. The summed E-state index contributed by atoms with van der Waals surface area (Å²) in [5.41, 5.74) is -0.431. The van der Waals surface area contributed by atoms with E-state index in [9.17, 15) is 9.50 Å². The molecule has 0 atom stereocenters. The maximum absolute atomic E-state index is 13.6. The molecule has 0 saturated heterocycles. The third-order valence-electron chi connectivity index (χ3n) is 3.30. The number of hydrogen-bond acceptors (Lipinski definition) is 3. The number of anilines is 1. The minimum atomic E-state index is -0.476. The number of rotatable bonds is 3. The summed E-state index contributed by atoms with van der Waals surface area (Å²) in [6.45, 7) is -0.00323. The number of halogens is 2. The lowest BCUT2D eigenvalue weighted by Gasteiger charge is -2.37. The molecular formula is C12H16ClFN2O. The molecule has 5 heteroatoms. The van der Waals surface area contributed by atoms with Crippen LogP contribution < -0.4 is 5.32 Å². The lowest BCUT2D eigenvalue weighted by atomic mass is 9.82. The molecule has 1 aliphatic carbocycles. The Morgan fingerprint density at radius 2 is 2.12 bits per heavy atom. The molecule has 1 aliphatic rings. The molecule has 3 nitrogen and oxygen atoms in total. The van der Waals surface area contributed by atoms with Crippen molar-refractivity contribution in [1.82, 2.24) is 4.98 Å². The minimum absolute atomic E-state index is 0.00323. The van der Waals surface area contributed by atoms with Gasteiger partial charge in [0, 0.05) is 6.20 Å². The van der Waals surface area contributed by atoms with E-state index in [0.717, 1.165) is 25.7 Å². The van der Waals surface area contributed by atoms with Crippen molar-refractivity contribution in [3.63, 3.8) is 0 Å². The first-order valence-corrected chi connectivity index (χ1v) is 6.23. The van der Waals surface area contributed by atoms with Crippen LogP contribution in [0.3, 0.4) is 0 Å². The van der Waals surface area contributed by atoms with Crippen molar-refractivity contribution in [3.8, 4) is 0 Å². The zero-order valence-electron chi connectivity index (χ0n) is 9.55. The van der Waals surface area contributed by atoms with E-state index in [2.05, 4.69) is 10.3 Å². The van der Waals surface area contributed by atoms with Gasteiger partial charge in [-0.05, 0) is 18.9 Å². The second-order valence-electron chi connectivity index (χ2n) is 4.61. The van der Waals surface area contributed by atoms with Crippen molar-refractivity contribution in [3.05, 3.63) is 23.1 Å². The van der Waals surface area contributed by atoms with Crippen LogP contribution in [-0.4, -0.2) is 22.2 Å². The van der Waals surface area contributed by atoms with Crippen LogP contribution in [0.15, 0.2) is 12.3 Å². The molecule has 0 spiro atoms.